The minimum atomic E-state index is -0.556. The summed E-state index contributed by atoms with van der Waals surface area (Å²) in [7, 11) is 0. The van der Waals surface area contributed by atoms with E-state index in [1.807, 2.05) is 0 Å². The lowest BCUT2D eigenvalue weighted by atomic mass is 10.2. The maximum Gasteiger partial charge on any atom is 0.311 e. The monoisotopic (exact) mass is 274 g/mol. The lowest BCUT2D eigenvalue weighted by Crippen LogP contribution is -1.96. The molecular weight excluding hydrogens is 264 g/mol. The molecule has 7 nitrogen and oxygen atoms in total. The van der Waals surface area contributed by atoms with Gasteiger partial charge in [0.05, 0.1) is 15.9 Å². The summed E-state index contributed by atoms with van der Waals surface area (Å²) in [4.78, 5) is 20.5. The molecule has 0 atom stereocenters. The molecule has 0 saturated carbocycles. The van der Waals surface area contributed by atoms with Crippen LogP contribution in [-0.4, -0.2) is 9.85 Å². The number of nitro benzene ring substituents is 2. The van der Waals surface area contributed by atoms with Gasteiger partial charge in [0, 0.05) is 12.1 Å². The van der Waals surface area contributed by atoms with Gasteiger partial charge in [-0.05, 0) is 18.6 Å². The summed E-state index contributed by atoms with van der Waals surface area (Å²) in [6, 6.07) is 10.0. The Morgan fingerprint density at radius 1 is 1.00 bits per heavy atom. The molecule has 0 N–H and O–H groups in total. The number of benzene rings is 2. The Bertz CT molecular complexity index is 684. The van der Waals surface area contributed by atoms with E-state index in [9.17, 15) is 20.2 Å². The second kappa shape index (κ2) is 5.35. The van der Waals surface area contributed by atoms with E-state index >= 15 is 0 Å². The molecule has 0 aliphatic heterocycles. The molecule has 2 aromatic carbocycles. The van der Waals surface area contributed by atoms with E-state index in [-0.39, 0.29) is 22.9 Å². The Morgan fingerprint density at radius 2 is 1.70 bits per heavy atom. The molecule has 102 valence electrons. The van der Waals surface area contributed by atoms with Gasteiger partial charge in [-0.3, -0.25) is 20.2 Å². The third-order valence-corrected chi connectivity index (χ3v) is 2.64. The highest BCUT2D eigenvalue weighted by Gasteiger charge is 2.18. The minimum Gasteiger partial charge on any atom is -0.450 e. The predicted octanol–water partition coefficient (Wildman–Crippen LogP) is 3.60. The summed E-state index contributed by atoms with van der Waals surface area (Å²) in [6.45, 7) is 1.67. The van der Waals surface area contributed by atoms with Crippen LogP contribution in [0.15, 0.2) is 42.5 Å². The van der Waals surface area contributed by atoms with Crippen LogP contribution in [0.1, 0.15) is 5.56 Å². The summed E-state index contributed by atoms with van der Waals surface area (Å²) in [6.07, 6.45) is 0. The number of aryl methyl sites for hydroxylation is 1. The van der Waals surface area contributed by atoms with Crippen molar-refractivity contribution in [2.45, 2.75) is 6.92 Å². The Hall–Kier alpha value is -2.96. The Kier molecular flexibility index (Phi) is 3.60. The zero-order valence-corrected chi connectivity index (χ0v) is 10.5. The van der Waals surface area contributed by atoms with Gasteiger partial charge in [-0.15, -0.1) is 0 Å². The zero-order valence-electron chi connectivity index (χ0n) is 10.5. The van der Waals surface area contributed by atoms with Crippen molar-refractivity contribution in [2.24, 2.45) is 0 Å². The van der Waals surface area contributed by atoms with Gasteiger partial charge in [-0.25, -0.2) is 0 Å². The first kappa shape index (κ1) is 13.5. The van der Waals surface area contributed by atoms with Crippen LogP contribution in [0.2, 0.25) is 0 Å². The van der Waals surface area contributed by atoms with Crippen LogP contribution in [0.3, 0.4) is 0 Å². The topological polar surface area (TPSA) is 95.5 Å². The van der Waals surface area contributed by atoms with Crippen molar-refractivity contribution in [1.29, 1.82) is 0 Å². The average Bonchev–Trinajstić information content (AvgIpc) is 2.41. The van der Waals surface area contributed by atoms with Crippen LogP contribution < -0.4 is 4.74 Å². The molecule has 2 aromatic rings. The van der Waals surface area contributed by atoms with Gasteiger partial charge in [0.1, 0.15) is 5.75 Å². The number of nitrogens with zero attached hydrogens (tertiary/aromatic N) is 2. The number of rotatable bonds is 4. The van der Waals surface area contributed by atoms with E-state index in [1.165, 1.54) is 30.3 Å². The maximum atomic E-state index is 11.0. The highest BCUT2D eigenvalue weighted by atomic mass is 16.6. The lowest BCUT2D eigenvalue weighted by Gasteiger charge is -2.08. The molecule has 0 radical (unpaired) electrons. The molecule has 0 fully saturated rings. The molecule has 0 amide bonds. The van der Waals surface area contributed by atoms with E-state index in [4.69, 9.17) is 4.74 Å². The second-order valence-electron chi connectivity index (χ2n) is 4.04. The van der Waals surface area contributed by atoms with Crippen LogP contribution in [0, 0.1) is 27.2 Å². The molecule has 7 heteroatoms. The summed E-state index contributed by atoms with van der Waals surface area (Å²) in [5, 5.41) is 21.6. The molecule has 0 heterocycles. The van der Waals surface area contributed by atoms with Gasteiger partial charge in [0.2, 0.25) is 5.75 Å². The van der Waals surface area contributed by atoms with Gasteiger partial charge in [0.15, 0.2) is 0 Å². The van der Waals surface area contributed by atoms with Crippen LogP contribution in [0.25, 0.3) is 0 Å². The fourth-order valence-corrected chi connectivity index (χ4v) is 1.69. The normalized spacial score (nSPS) is 10.1. The Labute approximate surface area is 113 Å². The van der Waals surface area contributed by atoms with E-state index in [2.05, 4.69) is 0 Å². The SMILES string of the molecule is Cc1cccc([N+](=O)[O-])c1Oc1cccc([N+](=O)[O-])c1. The number of non-ortho nitro benzene ring substituents is 1. The van der Waals surface area contributed by atoms with E-state index in [0.29, 0.717) is 5.56 Å². The van der Waals surface area contributed by atoms with Crippen molar-refractivity contribution in [3.8, 4) is 11.5 Å². The largest absolute Gasteiger partial charge is 0.450 e. The molecule has 0 unspecified atom stereocenters. The smallest absolute Gasteiger partial charge is 0.311 e. The van der Waals surface area contributed by atoms with Crippen molar-refractivity contribution in [3.05, 3.63) is 68.3 Å². The summed E-state index contributed by atoms with van der Waals surface area (Å²) in [5.74, 6) is 0.259. The zero-order chi connectivity index (χ0) is 14.7. The standard InChI is InChI=1S/C13H10N2O5/c1-9-4-2-7-12(15(18)19)13(9)20-11-6-3-5-10(8-11)14(16)17/h2-8H,1H3. The molecular formula is C13H10N2O5. The fourth-order valence-electron chi connectivity index (χ4n) is 1.69. The van der Waals surface area contributed by atoms with Crippen LogP contribution in [-0.2, 0) is 0 Å². The first-order valence-corrected chi connectivity index (χ1v) is 5.65. The summed E-state index contributed by atoms with van der Waals surface area (Å²) < 4.78 is 5.45. The Morgan fingerprint density at radius 3 is 2.35 bits per heavy atom. The third-order valence-electron chi connectivity index (χ3n) is 2.64. The molecule has 0 spiro atoms. The van der Waals surface area contributed by atoms with Crippen molar-refractivity contribution >= 4 is 11.4 Å². The van der Waals surface area contributed by atoms with Crippen LogP contribution >= 0.6 is 0 Å². The molecule has 2 rings (SSSR count). The molecule has 0 aliphatic carbocycles. The number of nitro groups is 2. The molecule has 0 aliphatic rings. The highest BCUT2D eigenvalue weighted by Crippen LogP contribution is 2.35. The molecule has 0 aromatic heterocycles. The summed E-state index contributed by atoms with van der Waals surface area (Å²) in [5.41, 5.74) is 0.251. The van der Waals surface area contributed by atoms with Crippen molar-refractivity contribution in [3.63, 3.8) is 0 Å². The lowest BCUT2D eigenvalue weighted by molar-refractivity contribution is -0.386. The average molecular weight is 274 g/mol. The fraction of sp³-hybridized carbons (Fsp3) is 0.0769. The van der Waals surface area contributed by atoms with Crippen molar-refractivity contribution in [1.82, 2.24) is 0 Å². The van der Waals surface area contributed by atoms with Crippen molar-refractivity contribution in [2.75, 3.05) is 0 Å². The predicted molar refractivity (Wildman–Crippen MR) is 71.0 cm³/mol. The molecule has 0 saturated heterocycles. The third kappa shape index (κ3) is 2.72. The minimum absolute atomic E-state index is 0.0815. The van der Waals surface area contributed by atoms with Crippen molar-refractivity contribution < 1.29 is 14.6 Å². The van der Waals surface area contributed by atoms with Crippen LogP contribution in [0.4, 0.5) is 11.4 Å². The number of hydrogen-bond donors (Lipinski definition) is 0. The second-order valence-corrected chi connectivity index (χ2v) is 4.04. The van der Waals surface area contributed by atoms with Gasteiger partial charge in [-0.2, -0.15) is 0 Å². The first-order chi connectivity index (χ1) is 9.49. The van der Waals surface area contributed by atoms with E-state index in [1.54, 1.807) is 19.1 Å². The number of ether oxygens (including phenoxy) is 1. The Balaban J connectivity index is 2.42. The summed E-state index contributed by atoms with van der Waals surface area (Å²) >= 11 is 0. The van der Waals surface area contributed by atoms with Gasteiger partial charge in [-0.1, -0.05) is 18.2 Å². The quantitative estimate of drug-likeness (QED) is 0.626. The maximum absolute atomic E-state index is 11.0. The van der Waals surface area contributed by atoms with Gasteiger partial charge >= 0.3 is 5.69 Å². The first-order valence-electron chi connectivity index (χ1n) is 5.65. The van der Waals surface area contributed by atoms with E-state index < -0.39 is 9.85 Å². The molecule has 20 heavy (non-hydrogen) atoms. The van der Waals surface area contributed by atoms with Gasteiger partial charge < -0.3 is 4.74 Å². The van der Waals surface area contributed by atoms with Crippen LogP contribution in [0.5, 0.6) is 11.5 Å². The highest BCUT2D eigenvalue weighted by molar-refractivity contribution is 5.53. The molecule has 0 bridgehead atoms. The number of para-hydroxylation sites is 1. The van der Waals surface area contributed by atoms with E-state index in [0.717, 1.165) is 0 Å². The number of hydrogen-bond acceptors (Lipinski definition) is 5. The van der Waals surface area contributed by atoms with Gasteiger partial charge in [0.25, 0.3) is 5.69 Å².